The van der Waals surface area contributed by atoms with Gasteiger partial charge in [-0.15, -0.1) is 0 Å². The Balaban J connectivity index is 2.83. The molecule has 1 aliphatic rings. The monoisotopic (exact) mass is 269 g/mol. The average molecular weight is 269 g/mol. The van der Waals surface area contributed by atoms with Crippen LogP contribution in [0.25, 0.3) is 0 Å². The molecule has 0 saturated carbocycles. The highest BCUT2D eigenvalue weighted by Gasteiger charge is 2.35. The number of nitrogens with zero attached hydrogens (tertiary/aromatic N) is 1. The van der Waals surface area contributed by atoms with E-state index in [-0.39, 0.29) is 5.97 Å². The van der Waals surface area contributed by atoms with Crippen LogP contribution in [0.2, 0.25) is 0 Å². The van der Waals surface area contributed by atoms with E-state index in [4.69, 9.17) is 9.47 Å². The first-order valence-corrected chi connectivity index (χ1v) is 6.56. The van der Waals surface area contributed by atoms with Crippen LogP contribution in [0.1, 0.15) is 41.0 Å². The maximum atomic E-state index is 12.1. The summed E-state index contributed by atoms with van der Waals surface area (Å²) in [7, 11) is 0. The average Bonchev–Trinajstić information content (AvgIpc) is 2.26. The summed E-state index contributed by atoms with van der Waals surface area (Å²) in [5.41, 5.74) is 0.504. The van der Waals surface area contributed by atoms with Crippen molar-refractivity contribution in [3.05, 3.63) is 11.6 Å². The van der Waals surface area contributed by atoms with Crippen molar-refractivity contribution in [1.29, 1.82) is 0 Å². The van der Waals surface area contributed by atoms with Crippen LogP contribution in [0.5, 0.6) is 0 Å². The minimum Gasteiger partial charge on any atom is -0.464 e. The summed E-state index contributed by atoms with van der Waals surface area (Å²) < 4.78 is 10.3. The molecule has 0 aromatic carbocycles. The molecule has 5 heteroatoms. The van der Waals surface area contributed by atoms with E-state index in [0.29, 0.717) is 19.6 Å². The standard InChI is InChI=1S/C14H23NO4/c1-6-18-12(16)11-9-10(2)7-8-15(11)13(17)19-14(3,4)5/h7,11H,6,8-9H2,1-5H3/t11-/m0/s1. The van der Waals surface area contributed by atoms with Crippen LogP contribution in [0.15, 0.2) is 11.6 Å². The number of esters is 1. The second-order valence-corrected chi connectivity index (χ2v) is 5.66. The maximum Gasteiger partial charge on any atom is 0.411 e. The molecule has 0 unspecified atom stereocenters. The van der Waals surface area contributed by atoms with E-state index in [1.807, 2.05) is 13.0 Å². The Morgan fingerprint density at radius 2 is 2.05 bits per heavy atom. The third kappa shape index (κ3) is 4.58. The van der Waals surface area contributed by atoms with Crippen LogP contribution in [-0.4, -0.2) is 41.8 Å². The summed E-state index contributed by atoms with van der Waals surface area (Å²) in [6.45, 7) is 9.78. The fourth-order valence-corrected chi connectivity index (χ4v) is 1.85. The third-order valence-corrected chi connectivity index (χ3v) is 2.71. The molecule has 0 bridgehead atoms. The van der Waals surface area contributed by atoms with Gasteiger partial charge >= 0.3 is 12.1 Å². The zero-order valence-corrected chi connectivity index (χ0v) is 12.4. The van der Waals surface area contributed by atoms with Crippen molar-refractivity contribution in [3.63, 3.8) is 0 Å². The van der Waals surface area contributed by atoms with E-state index in [1.54, 1.807) is 27.7 Å². The minimum absolute atomic E-state index is 0.306. The Kier molecular flexibility index (Phi) is 4.97. The molecule has 1 amide bonds. The Labute approximate surface area is 114 Å². The van der Waals surface area contributed by atoms with Gasteiger partial charge in [0.15, 0.2) is 0 Å². The summed E-state index contributed by atoms with van der Waals surface area (Å²) >= 11 is 0. The Hall–Kier alpha value is -1.52. The van der Waals surface area contributed by atoms with Crippen molar-refractivity contribution in [2.24, 2.45) is 0 Å². The van der Waals surface area contributed by atoms with Crippen LogP contribution in [-0.2, 0) is 14.3 Å². The topological polar surface area (TPSA) is 55.8 Å². The molecule has 0 spiro atoms. The van der Waals surface area contributed by atoms with Crippen molar-refractivity contribution in [1.82, 2.24) is 4.90 Å². The third-order valence-electron chi connectivity index (χ3n) is 2.71. The number of hydrogen-bond donors (Lipinski definition) is 0. The Morgan fingerprint density at radius 1 is 1.42 bits per heavy atom. The maximum absolute atomic E-state index is 12.1. The molecule has 0 N–H and O–H groups in total. The van der Waals surface area contributed by atoms with E-state index in [2.05, 4.69) is 0 Å². The lowest BCUT2D eigenvalue weighted by atomic mass is 10.0. The van der Waals surface area contributed by atoms with Crippen molar-refractivity contribution in [2.45, 2.75) is 52.7 Å². The van der Waals surface area contributed by atoms with Crippen LogP contribution in [0.3, 0.4) is 0 Å². The number of carbonyl (C=O) groups is 2. The van der Waals surface area contributed by atoms with E-state index < -0.39 is 17.7 Å². The number of hydrogen-bond acceptors (Lipinski definition) is 4. The molecule has 0 aromatic heterocycles. The van der Waals surface area contributed by atoms with Gasteiger partial charge in [-0.05, 0) is 41.0 Å². The van der Waals surface area contributed by atoms with Gasteiger partial charge in [-0.3, -0.25) is 4.90 Å². The number of ether oxygens (including phenoxy) is 2. The van der Waals surface area contributed by atoms with Gasteiger partial charge in [0.05, 0.1) is 6.61 Å². The quantitative estimate of drug-likeness (QED) is 0.571. The number of amides is 1. The van der Waals surface area contributed by atoms with Gasteiger partial charge in [0.1, 0.15) is 11.6 Å². The van der Waals surface area contributed by atoms with Crippen LogP contribution in [0, 0.1) is 0 Å². The zero-order valence-electron chi connectivity index (χ0n) is 12.4. The smallest absolute Gasteiger partial charge is 0.411 e. The highest BCUT2D eigenvalue weighted by molar-refractivity contribution is 5.82. The SMILES string of the molecule is CCOC(=O)[C@@H]1CC(C)=CCN1C(=O)OC(C)(C)C. The van der Waals surface area contributed by atoms with Crippen molar-refractivity contribution < 1.29 is 19.1 Å². The largest absolute Gasteiger partial charge is 0.464 e. The van der Waals surface area contributed by atoms with Crippen LogP contribution >= 0.6 is 0 Å². The molecule has 1 atom stereocenters. The molecule has 1 rings (SSSR count). The fraction of sp³-hybridized carbons (Fsp3) is 0.714. The molecule has 0 aliphatic carbocycles. The van der Waals surface area contributed by atoms with E-state index in [0.717, 1.165) is 5.57 Å². The number of rotatable bonds is 2. The summed E-state index contributed by atoms with van der Waals surface area (Å²) in [5, 5.41) is 0. The molecular formula is C14H23NO4. The zero-order chi connectivity index (χ0) is 14.6. The first-order chi connectivity index (χ1) is 8.74. The highest BCUT2D eigenvalue weighted by atomic mass is 16.6. The minimum atomic E-state index is -0.584. The number of carbonyl (C=O) groups excluding carboxylic acids is 2. The molecule has 0 fully saturated rings. The molecular weight excluding hydrogens is 246 g/mol. The lowest BCUT2D eigenvalue weighted by Crippen LogP contribution is -2.49. The van der Waals surface area contributed by atoms with Gasteiger partial charge in [0, 0.05) is 6.54 Å². The Morgan fingerprint density at radius 3 is 2.58 bits per heavy atom. The van der Waals surface area contributed by atoms with Gasteiger partial charge in [-0.2, -0.15) is 0 Å². The summed E-state index contributed by atoms with van der Waals surface area (Å²) in [6, 6.07) is -0.584. The predicted molar refractivity (Wildman–Crippen MR) is 71.7 cm³/mol. The summed E-state index contributed by atoms with van der Waals surface area (Å²) in [5.74, 6) is -0.374. The molecule has 1 aliphatic heterocycles. The first kappa shape index (κ1) is 15.5. The summed E-state index contributed by atoms with van der Waals surface area (Å²) in [6.07, 6.45) is 1.95. The van der Waals surface area contributed by atoms with Crippen molar-refractivity contribution >= 4 is 12.1 Å². The van der Waals surface area contributed by atoms with Gasteiger partial charge in [0.25, 0.3) is 0 Å². The van der Waals surface area contributed by atoms with Gasteiger partial charge < -0.3 is 9.47 Å². The predicted octanol–water partition coefficient (Wildman–Crippen LogP) is 2.51. The van der Waals surface area contributed by atoms with Crippen molar-refractivity contribution in [2.75, 3.05) is 13.2 Å². The Bertz CT molecular complexity index is 381. The van der Waals surface area contributed by atoms with E-state index in [1.165, 1.54) is 4.90 Å². The van der Waals surface area contributed by atoms with E-state index in [9.17, 15) is 9.59 Å². The first-order valence-electron chi connectivity index (χ1n) is 6.56. The summed E-state index contributed by atoms with van der Waals surface area (Å²) in [4.78, 5) is 25.5. The van der Waals surface area contributed by atoms with Crippen LogP contribution in [0.4, 0.5) is 4.79 Å². The lowest BCUT2D eigenvalue weighted by molar-refractivity contribution is -0.149. The normalized spacial score (nSPS) is 19.7. The fourth-order valence-electron chi connectivity index (χ4n) is 1.85. The van der Waals surface area contributed by atoms with Crippen LogP contribution < -0.4 is 0 Å². The second kappa shape index (κ2) is 6.08. The van der Waals surface area contributed by atoms with E-state index >= 15 is 0 Å². The highest BCUT2D eigenvalue weighted by Crippen LogP contribution is 2.21. The molecule has 1 heterocycles. The molecule has 0 aromatic rings. The molecule has 0 saturated heterocycles. The second-order valence-electron chi connectivity index (χ2n) is 5.66. The van der Waals surface area contributed by atoms with Gasteiger partial charge in [-0.25, -0.2) is 9.59 Å². The lowest BCUT2D eigenvalue weighted by Gasteiger charge is -2.34. The molecule has 108 valence electrons. The van der Waals surface area contributed by atoms with Crippen molar-refractivity contribution in [3.8, 4) is 0 Å². The molecule has 0 radical (unpaired) electrons. The van der Waals surface area contributed by atoms with Gasteiger partial charge in [0.2, 0.25) is 0 Å². The van der Waals surface area contributed by atoms with Gasteiger partial charge in [-0.1, -0.05) is 11.6 Å². The molecule has 5 nitrogen and oxygen atoms in total. The molecule has 19 heavy (non-hydrogen) atoms.